The fraction of sp³-hybridized carbons (Fsp3) is 0.450. The summed E-state index contributed by atoms with van der Waals surface area (Å²) in [4.78, 5) is 4.65. The number of likely N-dealkylation sites (N-methyl/N-ethyl adjacent to an activating group) is 1. The predicted molar refractivity (Wildman–Crippen MR) is 102 cm³/mol. The Balaban J connectivity index is 1.69. The number of phenols is 1. The van der Waals surface area contributed by atoms with Crippen LogP contribution in [0.5, 0.6) is 11.5 Å². The third-order valence-corrected chi connectivity index (χ3v) is 5.34. The fourth-order valence-electron chi connectivity index (χ4n) is 4.07. The van der Waals surface area contributed by atoms with Crippen LogP contribution in [0.3, 0.4) is 0 Å². The van der Waals surface area contributed by atoms with Crippen LogP contribution in [-0.4, -0.2) is 59.5 Å². The Kier molecular flexibility index (Phi) is 4.58. The normalized spacial score (nSPS) is 19.9. The van der Waals surface area contributed by atoms with Gasteiger partial charge in [-0.05, 0) is 51.1 Å². The van der Waals surface area contributed by atoms with Gasteiger partial charge in [0.2, 0.25) is 0 Å². The van der Waals surface area contributed by atoms with Crippen molar-refractivity contribution in [3.8, 4) is 28.8 Å². The van der Waals surface area contributed by atoms with Crippen LogP contribution in [0.4, 0.5) is 5.82 Å². The predicted octanol–water partition coefficient (Wildman–Crippen LogP) is 2.32. The van der Waals surface area contributed by atoms with Crippen LogP contribution in [0.2, 0.25) is 0 Å². The number of nitriles is 1. The van der Waals surface area contributed by atoms with E-state index in [0.717, 1.165) is 37.4 Å². The van der Waals surface area contributed by atoms with E-state index in [9.17, 15) is 5.11 Å². The number of benzene rings is 1. The van der Waals surface area contributed by atoms with Crippen LogP contribution in [0.15, 0.2) is 18.2 Å². The van der Waals surface area contributed by atoms with Crippen molar-refractivity contribution in [2.75, 3.05) is 38.2 Å². The lowest BCUT2D eigenvalue weighted by atomic mass is 10.0. The molecule has 2 aliphatic heterocycles. The average Bonchev–Trinajstić information content (AvgIpc) is 2.66. The lowest BCUT2D eigenvalue weighted by Crippen LogP contribution is -2.49. The quantitative estimate of drug-likeness (QED) is 0.874. The van der Waals surface area contributed by atoms with Crippen molar-refractivity contribution in [2.45, 2.75) is 25.8 Å². The van der Waals surface area contributed by atoms with Crippen molar-refractivity contribution in [2.24, 2.45) is 0 Å². The second-order valence-electron chi connectivity index (χ2n) is 7.32. The highest BCUT2D eigenvalue weighted by Gasteiger charge is 2.30. The summed E-state index contributed by atoms with van der Waals surface area (Å²) >= 11 is 0. The van der Waals surface area contributed by atoms with E-state index in [1.54, 1.807) is 6.07 Å². The minimum absolute atomic E-state index is 0.0300. The smallest absolute Gasteiger partial charge is 0.194 e. The third kappa shape index (κ3) is 3.28. The van der Waals surface area contributed by atoms with Gasteiger partial charge in [-0.3, -0.25) is 0 Å². The standard InChI is InChI=1S/C20H23N5O2/c1-13-8-14(11-21)9-17(26)19(13)16-10-18-20(23-22-16)25(6-7-27-18)15-4-3-5-24(2)12-15/h8-10,15,26H,3-7,12H2,1-2H3/t15-/m1/s1. The van der Waals surface area contributed by atoms with Gasteiger partial charge < -0.3 is 19.6 Å². The topological polar surface area (TPSA) is 85.5 Å². The first-order valence-corrected chi connectivity index (χ1v) is 9.26. The van der Waals surface area contributed by atoms with Gasteiger partial charge in [0, 0.05) is 24.2 Å². The minimum Gasteiger partial charge on any atom is -0.507 e. The number of nitrogens with zero attached hydrogens (tertiary/aromatic N) is 5. The van der Waals surface area contributed by atoms with Gasteiger partial charge in [0.15, 0.2) is 11.6 Å². The molecule has 0 saturated carbocycles. The Hall–Kier alpha value is -2.85. The van der Waals surface area contributed by atoms with Gasteiger partial charge in [-0.25, -0.2) is 0 Å². The van der Waals surface area contributed by atoms with E-state index in [-0.39, 0.29) is 5.75 Å². The largest absolute Gasteiger partial charge is 0.507 e. The maximum atomic E-state index is 10.4. The molecule has 0 amide bonds. The number of ether oxygens (including phenoxy) is 1. The van der Waals surface area contributed by atoms with E-state index in [2.05, 4.69) is 33.1 Å². The van der Waals surface area contributed by atoms with Crippen LogP contribution in [0, 0.1) is 18.3 Å². The summed E-state index contributed by atoms with van der Waals surface area (Å²) in [5, 5.41) is 28.3. The summed E-state index contributed by atoms with van der Waals surface area (Å²) in [6.07, 6.45) is 2.32. The average molecular weight is 365 g/mol. The molecule has 4 rings (SSSR count). The number of fused-ring (bicyclic) bond motifs is 1. The molecule has 0 unspecified atom stereocenters. The van der Waals surface area contributed by atoms with Crippen LogP contribution in [0.25, 0.3) is 11.3 Å². The summed E-state index contributed by atoms with van der Waals surface area (Å²) in [5.41, 5.74) is 2.34. The Labute approximate surface area is 158 Å². The van der Waals surface area contributed by atoms with Gasteiger partial charge in [0.05, 0.1) is 18.2 Å². The number of anilines is 1. The molecule has 7 nitrogen and oxygen atoms in total. The molecule has 0 spiro atoms. The summed E-state index contributed by atoms with van der Waals surface area (Å²) in [6.45, 7) is 5.41. The van der Waals surface area contributed by atoms with E-state index in [0.29, 0.717) is 35.2 Å². The van der Waals surface area contributed by atoms with Crippen molar-refractivity contribution in [3.63, 3.8) is 0 Å². The van der Waals surface area contributed by atoms with Crippen LogP contribution in [0.1, 0.15) is 24.0 Å². The molecule has 140 valence electrons. The summed E-state index contributed by atoms with van der Waals surface area (Å²) in [7, 11) is 2.15. The lowest BCUT2D eigenvalue weighted by molar-refractivity contribution is 0.226. The number of aromatic hydroxyl groups is 1. The second-order valence-corrected chi connectivity index (χ2v) is 7.32. The number of likely N-dealkylation sites (tertiary alicyclic amines) is 1. The van der Waals surface area contributed by atoms with E-state index < -0.39 is 0 Å². The monoisotopic (exact) mass is 365 g/mol. The zero-order valence-electron chi connectivity index (χ0n) is 15.6. The molecule has 0 radical (unpaired) electrons. The molecule has 1 atom stereocenters. The van der Waals surface area contributed by atoms with Crippen LogP contribution in [-0.2, 0) is 0 Å². The fourth-order valence-corrected chi connectivity index (χ4v) is 4.07. The number of aryl methyl sites for hydroxylation is 1. The van der Waals surface area contributed by atoms with Gasteiger partial charge in [-0.1, -0.05) is 0 Å². The van der Waals surface area contributed by atoms with E-state index in [4.69, 9.17) is 10.00 Å². The molecule has 2 aromatic rings. The van der Waals surface area contributed by atoms with Crippen LogP contribution < -0.4 is 9.64 Å². The molecule has 2 aliphatic rings. The highest BCUT2D eigenvalue weighted by atomic mass is 16.5. The second kappa shape index (κ2) is 7.05. The summed E-state index contributed by atoms with van der Waals surface area (Å²) in [6, 6.07) is 7.50. The zero-order valence-corrected chi connectivity index (χ0v) is 15.6. The van der Waals surface area contributed by atoms with Crippen molar-refractivity contribution in [1.82, 2.24) is 15.1 Å². The number of phenolic OH excluding ortho intramolecular Hbond substituents is 1. The van der Waals surface area contributed by atoms with Gasteiger partial charge >= 0.3 is 0 Å². The molecule has 1 aromatic carbocycles. The maximum Gasteiger partial charge on any atom is 0.194 e. The summed E-state index contributed by atoms with van der Waals surface area (Å²) < 4.78 is 5.87. The Morgan fingerprint density at radius 1 is 1.26 bits per heavy atom. The van der Waals surface area contributed by atoms with Crippen molar-refractivity contribution < 1.29 is 9.84 Å². The van der Waals surface area contributed by atoms with E-state index >= 15 is 0 Å². The molecule has 1 fully saturated rings. The van der Waals surface area contributed by atoms with Crippen molar-refractivity contribution >= 4 is 5.82 Å². The van der Waals surface area contributed by atoms with Gasteiger partial charge in [-0.15, -0.1) is 10.2 Å². The van der Waals surface area contributed by atoms with Gasteiger partial charge in [0.25, 0.3) is 0 Å². The molecule has 1 saturated heterocycles. The summed E-state index contributed by atoms with van der Waals surface area (Å²) in [5.74, 6) is 1.50. The first-order chi connectivity index (χ1) is 13.1. The van der Waals surface area contributed by atoms with Gasteiger partial charge in [-0.2, -0.15) is 5.26 Å². The zero-order chi connectivity index (χ0) is 19.0. The molecule has 1 N–H and O–H groups in total. The lowest BCUT2D eigenvalue weighted by Gasteiger charge is -2.40. The number of hydrogen-bond acceptors (Lipinski definition) is 7. The molecule has 7 heteroatoms. The molecular weight excluding hydrogens is 342 g/mol. The van der Waals surface area contributed by atoms with E-state index in [1.165, 1.54) is 12.5 Å². The van der Waals surface area contributed by atoms with Gasteiger partial charge in [0.1, 0.15) is 18.1 Å². The Morgan fingerprint density at radius 2 is 2.11 bits per heavy atom. The van der Waals surface area contributed by atoms with E-state index in [1.807, 2.05) is 13.0 Å². The molecule has 3 heterocycles. The number of aromatic nitrogens is 2. The highest BCUT2D eigenvalue weighted by Crippen LogP contribution is 2.38. The minimum atomic E-state index is 0.0300. The molecule has 0 bridgehead atoms. The Bertz CT molecular complexity index is 885. The highest BCUT2D eigenvalue weighted by molar-refractivity contribution is 5.74. The molecule has 27 heavy (non-hydrogen) atoms. The third-order valence-electron chi connectivity index (χ3n) is 5.34. The van der Waals surface area contributed by atoms with Crippen molar-refractivity contribution in [3.05, 3.63) is 29.3 Å². The molecule has 0 aliphatic carbocycles. The Morgan fingerprint density at radius 3 is 2.85 bits per heavy atom. The maximum absolute atomic E-state index is 10.4. The molecule has 1 aromatic heterocycles. The van der Waals surface area contributed by atoms with Crippen molar-refractivity contribution in [1.29, 1.82) is 5.26 Å². The first-order valence-electron chi connectivity index (χ1n) is 9.26. The van der Waals surface area contributed by atoms with Crippen LogP contribution >= 0.6 is 0 Å². The first kappa shape index (κ1) is 17.6. The number of hydrogen-bond donors (Lipinski definition) is 1. The molecular formula is C20H23N5O2. The SMILES string of the molecule is Cc1cc(C#N)cc(O)c1-c1cc2c(nn1)N([C@@H]1CCCN(C)C1)CCO2. The number of piperidine rings is 1. The number of rotatable bonds is 2.